The van der Waals surface area contributed by atoms with Crippen molar-refractivity contribution < 1.29 is 19.1 Å². The van der Waals surface area contributed by atoms with Crippen molar-refractivity contribution in [3.8, 4) is 11.8 Å². The van der Waals surface area contributed by atoms with Gasteiger partial charge in [-0.1, -0.05) is 0 Å². The molecule has 1 fully saturated rings. The molecule has 7 nitrogen and oxygen atoms in total. The number of hydrogen-bond donors (Lipinski definition) is 1. The first-order chi connectivity index (χ1) is 10.5. The average molecular weight is 299 g/mol. The smallest absolute Gasteiger partial charge is 0.255 e. The van der Waals surface area contributed by atoms with Crippen LogP contribution >= 0.6 is 0 Å². The van der Waals surface area contributed by atoms with Gasteiger partial charge in [0, 0.05) is 24.1 Å². The molecule has 0 saturated carbocycles. The average Bonchev–Trinajstić information content (AvgIpc) is 2.83. The molecule has 7 heteroatoms. The molecule has 1 aromatic carbocycles. The predicted molar refractivity (Wildman–Crippen MR) is 73.8 cm³/mol. The highest BCUT2D eigenvalue weighted by atomic mass is 16.5. The van der Waals surface area contributed by atoms with Crippen LogP contribution in [0.4, 0.5) is 0 Å². The van der Waals surface area contributed by atoms with Crippen LogP contribution in [-0.2, 0) is 16.1 Å². The number of amides is 3. The van der Waals surface area contributed by atoms with E-state index in [0.29, 0.717) is 28.9 Å². The van der Waals surface area contributed by atoms with Gasteiger partial charge in [-0.15, -0.1) is 0 Å². The first-order valence-corrected chi connectivity index (χ1v) is 6.81. The van der Waals surface area contributed by atoms with Gasteiger partial charge >= 0.3 is 0 Å². The Morgan fingerprint density at radius 1 is 1.36 bits per heavy atom. The molecule has 0 bridgehead atoms. The van der Waals surface area contributed by atoms with Crippen LogP contribution in [0.1, 0.15) is 34.3 Å². The molecule has 0 aliphatic carbocycles. The molecule has 22 heavy (non-hydrogen) atoms. The fraction of sp³-hybridized carbons (Fsp3) is 0.333. The monoisotopic (exact) mass is 299 g/mol. The first-order valence-electron chi connectivity index (χ1n) is 6.81. The lowest BCUT2D eigenvalue weighted by atomic mass is 10.0. The lowest BCUT2D eigenvalue weighted by molar-refractivity contribution is -0.136. The minimum Gasteiger partial charge on any atom is -0.497 e. The molecular formula is C15H13N3O4. The molecule has 0 aromatic heterocycles. The number of fused-ring (bicyclic) bond motifs is 1. The second kappa shape index (κ2) is 5.15. The van der Waals surface area contributed by atoms with Crippen molar-refractivity contribution in [3.63, 3.8) is 0 Å². The molecule has 1 unspecified atom stereocenters. The van der Waals surface area contributed by atoms with Gasteiger partial charge in [0.25, 0.3) is 5.91 Å². The molecular weight excluding hydrogens is 286 g/mol. The molecule has 0 spiro atoms. The minimum absolute atomic E-state index is 0.188. The number of benzene rings is 1. The number of ether oxygens (including phenoxy) is 1. The summed E-state index contributed by atoms with van der Waals surface area (Å²) in [6.45, 7) is 0.188. The molecule has 1 aromatic rings. The Bertz CT molecular complexity index is 735. The van der Waals surface area contributed by atoms with Gasteiger partial charge < -0.3 is 9.64 Å². The number of nitriles is 1. The van der Waals surface area contributed by atoms with Gasteiger partial charge in [0.15, 0.2) is 0 Å². The molecule has 3 amide bonds. The van der Waals surface area contributed by atoms with E-state index < -0.39 is 11.9 Å². The van der Waals surface area contributed by atoms with E-state index in [1.54, 1.807) is 12.1 Å². The van der Waals surface area contributed by atoms with Crippen molar-refractivity contribution in [2.45, 2.75) is 25.4 Å². The van der Waals surface area contributed by atoms with Gasteiger partial charge in [0.05, 0.1) is 18.7 Å². The zero-order chi connectivity index (χ0) is 15.9. The predicted octanol–water partition coefficient (Wildman–Crippen LogP) is 0.328. The Morgan fingerprint density at radius 2 is 2.14 bits per heavy atom. The Kier molecular flexibility index (Phi) is 3.29. The van der Waals surface area contributed by atoms with Crippen molar-refractivity contribution in [2.75, 3.05) is 7.11 Å². The number of nitrogens with one attached hydrogen (secondary N) is 1. The fourth-order valence-corrected chi connectivity index (χ4v) is 2.85. The highest BCUT2D eigenvalue weighted by molar-refractivity contribution is 6.05. The summed E-state index contributed by atoms with van der Waals surface area (Å²) < 4.78 is 5.10. The number of nitrogens with zero attached hydrogens (tertiary/aromatic N) is 2. The van der Waals surface area contributed by atoms with Crippen LogP contribution in [0, 0.1) is 11.3 Å². The van der Waals surface area contributed by atoms with Gasteiger partial charge in [-0.25, -0.2) is 0 Å². The minimum atomic E-state index is -0.685. The van der Waals surface area contributed by atoms with E-state index in [1.165, 1.54) is 12.0 Å². The van der Waals surface area contributed by atoms with E-state index >= 15 is 0 Å². The number of methoxy groups -OCH3 is 1. The van der Waals surface area contributed by atoms with E-state index in [1.807, 2.05) is 0 Å². The Balaban J connectivity index is 1.96. The lowest BCUT2D eigenvalue weighted by Gasteiger charge is -2.29. The topological polar surface area (TPSA) is 99.5 Å². The van der Waals surface area contributed by atoms with Crippen LogP contribution in [-0.4, -0.2) is 35.8 Å². The first kappa shape index (κ1) is 14.1. The highest BCUT2D eigenvalue weighted by Crippen LogP contribution is 2.32. The third-order valence-corrected chi connectivity index (χ3v) is 3.99. The van der Waals surface area contributed by atoms with Crippen LogP contribution in [0.15, 0.2) is 12.1 Å². The summed E-state index contributed by atoms with van der Waals surface area (Å²) in [5.74, 6) is -0.693. The number of imide groups is 1. The van der Waals surface area contributed by atoms with Crippen molar-refractivity contribution >= 4 is 17.7 Å². The summed E-state index contributed by atoms with van der Waals surface area (Å²) in [7, 11) is 1.46. The van der Waals surface area contributed by atoms with Crippen LogP contribution in [0.5, 0.6) is 5.75 Å². The Labute approximate surface area is 126 Å². The molecule has 2 heterocycles. The molecule has 0 radical (unpaired) electrons. The Hall–Kier alpha value is -2.88. The molecule has 112 valence electrons. The second-order valence-electron chi connectivity index (χ2n) is 5.21. The summed E-state index contributed by atoms with van der Waals surface area (Å²) in [6.07, 6.45) is 0.494. The van der Waals surface area contributed by atoms with E-state index in [9.17, 15) is 19.6 Å². The van der Waals surface area contributed by atoms with Crippen LogP contribution in [0.3, 0.4) is 0 Å². The van der Waals surface area contributed by atoms with Crippen molar-refractivity contribution in [1.29, 1.82) is 5.26 Å². The fourth-order valence-electron chi connectivity index (χ4n) is 2.85. The summed E-state index contributed by atoms with van der Waals surface area (Å²) >= 11 is 0. The molecule has 2 aliphatic rings. The largest absolute Gasteiger partial charge is 0.497 e. The van der Waals surface area contributed by atoms with Crippen LogP contribution in [0.2, 0.25) is 0 Å². The number of hydrogen-bond acceptors (Lipinski definition) is 5. The van der Waals surface area contributed by atoms with Gasteiger partial charge in [-0.2, -0.15) is 5.26 Å². The standard InChI is InChI=1S/C15H13N3O4/c1-22-9-4-8(6-16)11-7-18(15(21)10(11)5-9)12-2-3-13(19)17-14(12)20/h4-5,12H,2-3,7H2,1H3,(H,17,19,20). The SMILES string of the molecule is COc1cc(C#N)c2c(c1)C(=O)N(C1CCC(=O)NC1=O)C2. The van der Waals surface area contributed by atoms with Crippen molar-refractivity contribution in [1.82, 2.24) is 10.2 Å². The lowest BCUT2D eigenvalue weighted by Crippen LogP contribution is -2.52. The summed E-state index contributed by atoms with van der Waals surface area (Å²) in [5.41, 5.74) is 1.33. The molecule has 1 N–H and O–H groups in total. The molecule has 2 aliphatic heterocycles. The summed E-state index contributed by atoms with van der Waals surface area (Å²) in [6, 6.07) is 4.51. The zero-order valence-corrected chi connectivity index (χ0v) is 11.9. The number of carbonyl (C=O) groups is 3. The molecule has 3 rings (SSSR count). The second-order valence-corrected chi connectivity index (χ2v) is 5.21. The third-order valence-electron chi connectivity index (χ3n) is 3.99. The number of rotatable bonds is 2. The van der Waals surface area contributed by atoms with Crippen LogP contribution in [0.25, 0.3) is 0 Å². The normalized spacial score (nSPS) is 20.5. The van der Waals surface area contributed by atoms with E-state index in [4.69, 9.17) is 4.74 Å². The maximum absolute atomic E-state index is 12.6. The molecule has 1 atom stereocenters. The highest BCUT2D eigenvalue weighted by Gasteiger charge is 2.40. The number of piperidine rings is 1. The van der Waals surface area contributed by atoms with Gasteiger partial charge in [-0.05, 0) is 18.6 Å². The Morgan fingerprint density at radius 3 is 2.77 bits per heavy atom. The summed E-state index contributed by atoms with van der Waals surface area (Å²) in [4.78, 5) is 37.1. The summed E-state index contributed by atoms with van der Waals surface area (Å²) in [5, 5.41) is 11.5. The van der Waals surface area contributed by atoms with E-state index in [2.05, 4.69) is 11.4 Å². The van der Waals surface area contributed by atoms with Crippen molar-refractivity contribution in [3.05, 3.63) is 28.8 Å². The third kappa shape index (κ3) is 2.09. The van der Waals surface area contributed by atoms with Crippen molar-refractivity contribution in [2.24, 2.45) is 0 Å². The van der Waals surface area contributed by atoms with Gasteiger partial charge in [0.1, 0.15) is 11.8 Å². The van der Waals surface area contributed by atoms with Gasteiger partial charge in [0.2, 0.25) is 11.8 Å². The van der Waals surface area contributed by atoms with Gasteiger partial charge in [-0.3, -0.25) is 19.7 Å². The molecule has 1 saturated heterocycles. The maximum Gasteiger partial charge on any atom is 0.255 e. The maximum atomic E-state index is 12.6. The van der Waals surface area contributed by atoms with E-state index in [-0.39, 0.29) is 24.8 Å². The quantitative estimate of drug-likeness (QED) is 0.793. The zero-order valence-electron chi connectivity index (χ0n) is 11.9. The number of carbonyl (C=O) groups excluding carboxylic acids is 3. The van der Waals surface area contributed by atoms with Crippen LogP contribution < -0.4 is 10.1 Å². The van der Waals surface area contributed by atoms with E-state index in [0.717, 1.165) is 0 Å².